The number of hydrogen-bond donors (Lipinski definition) is 2. The molecule has 0 atom stereocenters. The molecular formula is C17H27NO3. The first-order chi connectivity index (χ1) is 10.2. The fraction of sp³-hybridized carbons (Fsp3) is 0.647. The van der Waals surface area contributed by atoms with E-state index in [1.54, 1.807) is 7.11 Å². The summed E-state index contributed by atoms with van der Waals surface area (Å²) < 4.78 is 10.9. The van der Waals surface area contributed by atoms with E-state index in [1.165, 1.54) is 19.3 Å². The van der Waals surface area contributed by atoms with E-state index in [1.807, 2.05) is 25.1 Å². The lowest BCUT2D eigenvalue weighted by atomic mass is 9.74. The largest absolute Gasteiger partial charge is 0.493 e. The van der Waals surface area contributed by atoms with Crippen LogP contribution in [0.3, 0.4) is 0 Å². The maximum absolute atomic E-state index is 9.75. The van der Waals surface area contributed by atoms with E-state index in [9.17, 15) is 5.11 Å². The van der Waals surface area contributed by atoms with Gasteiger partial charge in [0.1, 0.15) is 0 Å². The third kappa shape index (κ3) is 4.03. The Morgan fingerprint density at radius 3 is 2.57 bits per heavy atom. The van der Waals surface area contributed by atoms with Crippen LogP contribution < -0.4 is 14.8 Å². The van der Waals surface area contributed by atoms with Gasteiger partial charge in [-0.2, -0.15) is 0 Å². The maximum atomic E-state index is 9.75. The average Bonchev–Trinajstić information content (AvgIpc) is 2.55. The van der Waals surface area contributed by atoms with E-state index in [-0.39, 0.29) is 12.0 Å². The van der Waals surface area contributed by atoms with Gasteiger partial charge in [0, 0.05) is 23.7 Å². The average molecular weight is 293 g/mol. The lowest BCUT2D eigenvalue weighted by Crippen LogP contribution is -2.35. The van der Waals surface area contributed by atoms with Crippen LogP contribution in [0.15, 0.2) is 18.2 Å². The maximum Gasteiger partial charge on any atom is 0.162 e. The zero-order valence-electron chi connectivity index (χ0n) is 13.2. The van der Waals surface area contributed by atoms with Crippen molar-refractivity contribution in [2.75, 3.05) is 32.2 Å². The van der Waals surface area contributed by atoms with Gasteiger partial charge in [-0.1, -0.05) is 19.3 Å². The number of methoxy groups -OCH3 is 1. The summed E-state index contributed by atoms with van der Waals surface area (Å²) in [5, 5.41) is 13.2. The highest BCUT2D eigenvalue weighted by molar-refractivity contribution is 5.54. The molecule has 0 saturated heterocycles. The quantitative estimate of drug-likeness (QED) is 0.808. The fourth-order valence-corrected chi connectivity index (χ4v) is 3.03. The van der Waals surface area contributed by atoms with Crippen molar-refractivity contribution in [2.24, 2.45) is 5.41 Å². The van der Waals surface area contributed by atoms with E-state index in [0.29, 0.717) is 6.61 Å². The van der Waals surface area contributed by atoms with Crippen molar-refractivity contribution in [1.82, 2.24) is 0 Å². The zero-order chi connectivity index (χ0) is 15.1. The van der Waals surface area contributed by atoms with Crippen molar-refractivity contribution in [3.05, 3.63) is 18.2 Å². The van der Waals surface area contributed by atoms with Crippen molar-refractivity contribution >= 4 is 5.69 Å². The molecule has 1 aliphatic rings. The minimum Gasteiger partial charge on any atom is -0.493 e. The number of benzene rings is 1. The summed E-state index contributed by atoms with van der Waals surface area (Å²) in [5.74, 6) is 1.50. The minimum absolute atomic E-state index is 0.0318. The molecule has 0 unspecified atom stereocenters. The normalized spacial score (nSPS) is 17.3. The molecule has 0 heterocycles. The van der Waals surface area contributed by atoms with E-state index in [0.717, 1.165) is 36.6 Å². The highest BCUT2D eigenvalue weighted by Gasteiger charge is 2.31. The van der Waals surface area contributed by atoms with Crippen LogP contribution in [-0.2, 0) is 0 Å². The van der Waals surface area contributed by atoms with Crippen molar-refractivity contribution in [3.63, 3.8) is 0 Å². The third-order valence-electron chi connectivity index (χ3n) is 4.38. The molecule has 4 heteroatoms. The van der Waals surface area contributed by atoms with Gasteiger partial charge in [-0.15, -0.1) is 0 Å². The monoisotopic (exact) mass is 293 g/mol. The standard InChI is InChI=1S/C17H27NO3/c1-3-21-15-8-7-14(11-16(15)20-2)18-12-17(13-19)9-5-4-6-10-17/h7-8,11,18-19H,3-6,9-10,12-13H2,1-2H3. The Balaban J connectivity index is 2.02. The molecule has 4 nitrogen and oxygen atoms in total. The first kappa shape index (κ1) is 16.0. The summed E-state index contributed by atoms with van der Waals surface area (Å²) >= 11 is 0. The third-order valence-corrected chi connectivity index (χ3v) is 4.38. The number of aliphatic hydroxyl groups is 1. The lowest BCUT2D eigenvalue weighted by Gasteiger charge is -2.36. The van der Waals surface area contributed by atoms with Gasteiger partial charge in [-0.3, -0.25) is 0 Å². The topological polar surface area (TPSA) is 50.7 Å². The van der Waals surface area contributed by atoms with E-state index >= 15 is 0 Å². The first-order valence-electron chi connectivity index (χ1n) is 7.88. The van der Waals surface area contributed by atoms with Gasteiger partial charge in [-0.25, -0.2) is 0 Å². The first-order valence-corrected chi connectivity index (χ1v) is 7.88. The van der Waals surface area contributed by atoms with Crippen LogP contribution in [0.4, 0.5) is 5.69 Å². The molecule has 0 spiro atoms. The Hall–Kier alpha value is -1.42. The molecule has 118 valence electrons. The van der Waals surface area contributed by atoms with E-state index < -0.39 is 0 Å². The van der Waals surface area contributed by atoms with Crippen LogP contribution in [-0.4, -0.2) is 32.0 Å². The zero-order valence-corrected chi connectivity index (χ0v) is 13.2. The smallest absolute Gasteiger partial charge is 0.162 e. The number of nitrogens with one attached hydrogen (secondary N) is 1. The van der Waals surface area contributed by atoms with Crippen molar-refractivity contribution < 1.29 is 14.6 Å². The highest BCUT2D eigenvalue weighted by Crippen LogP contribution is 2.37. The van der Waals surface area contributed by atoms with Gasteiger partial charge in [0.15, 0.2) is 11.5 Å². The molecule has 0 aromatic heterocycles. The SMILES string of the molecule is CCOc1ccc(NCC2(CO)CCCCC2)cc1OC. The van der Waals surface area contributed by atoms with Crippen LogP contribution >= 0.6 is 0 Å². The summed E-state index contributed by atoms with van der Waals surface area (Å²) in [6.45, 7) is 3.64. The molecule has 1 aromatic carbocycles. The van der Waals surface area contributed by atoms with Gasteiger partial charge in [-0.05, 0) is 31.9 Å². The fourth-order valence-electron chi connectivity index (χ4n) is 3.03. The summed E-state index contributed by atoms with van der Waals surface area (Å²) in [6, 6.07) is 5.89. The van der Waals surface area contributed by atoms with Crippen LogP contribution in [0.1, 0.15) is 39.0 Å². The molecule has 0 bridgehead atoms. The number of ether oxygens (including phenoxy) is 2. The van der Waals surface area contributed by atoms with Gasteiger partial charge >= 0.3 is 0 Å². The Kier molecular flexibility index (Phi) is 5.74. The summed E-state index contributed by atoms with van der Waals surface area (Å²) in [6.07, 6.45) is 5.93. The van der Waals surface area contributed by atoms with Crippen molar-refractivity contribution in [3.8, 4) is 11.5 Å². The van der Waals surface area contributed by atoms with Crippen LogP contribution in [0.5, 0.6) is 11.5 Å². The number of anilines is 1. The van der Waals surface area contributed by atoms with Gasteiger partial charge < -0.3 is 19.9 Å². The second-order valence-electron chi connectivity index (χ2n) is 5.87. The number of hydrogen-bond acceptors (Lipinski definition) is 4. The second-order valence-corrected chi connectivity index (χ2v) is 5.87. The van der Waals surface area contributed by atoms with E-state index in [2.05, 4.69) is 5.32 Å². The molecule has 2 N–H and O–H groups in total. The molecule has 1 saturated carbocycles. The predicted octanol–water partition coefficient (Wildman–Crippen LogP) is 3.45. The lowest BCUT2D eigenvalue weighted by molar-refractivity contribution is 0.0944. The predicted molar refractivity (Wildman–Crippen MR) is 85.3 cm³/mol. The number of aliphatic hydroxyl groups excluding tert-OH is 1. The molecule has 2 rings (SSSR count). The molecule has 1 fully saturated rings. The Morgan fingerprint density at radius 1 is 1.19 bits per heavy atom. The van der Waals surface area contributed by atoms with Crippen LogP contribution in [0.2, 0.25) is 0 Å². The van der Waals surface area contributed by atoms with Crippen LogP contribution in [0, 0.1) is 5.41 Å². The Bertz CT molecular complexity index is 442. The van der Waals surface area contributed by atoms with Gasteiger partial charge in [0.25, 0.3) is 0 Å². The van der Waals surface area contributed by atoms with Crippen molar-refractivity contribution in [2.45, 2.75) is 39.0 Å². The minimum atomic E-state index is 0.0318. The molecule has 0 aliphatic heterocycles. The Morgan fingerprint density at radius 2 is 1.95 bits per heavy atom. The van der Waals surface area contributed by atoms with Crippen molar-refractivity contribution in [1.29, 1.82) is 0 Å². The molecule has 0 radical (unpaired) electrons. The molecule has 0 amide bonds. The molecule has 1 aliphatic carbocycles. The summed E-state index contributed by atoms with van der Waals surface area (Å²) in [4.78, 5) is 0. The summed E-state index contributed by atoms with van der Waals surface area (Å²) in [5.41, 5.74) is 1.04. The highest BCUT2D eigenvalue weighted by atomic mass is 16.5. The molecule has 1 aromatic rings. The van der Waals surface area contributed by atoms with E-state index in [4.69, 9.17) is 9.47 Å². The summed E-state index contributed by atoms with van der Waals surface area (Å²) in [7, 11) is 1.65. The molecule has 21 heavy (non-hydrogen) atoms. The molecular weight excluding hydrogens is 266 g/mol. The van der Waals surface area contributed by atoms with Gasteiger partial charge in [0.2, 0.25) is 0 Å². The van der Waals surface area contributed by atoms with Crippen LogP contribution in [0.25, 0.3) is 0 Å². The Labute approximate surface area is 127 Å². The number of rotatable bonds is 7. The van der Waals surface area contributed by atoms with Gasteiger partial charge in [0.05, 0.1) is 20.3 Å². The second kappa shape index (κ2) is 7.55.